The van der Waals surface area contributed by atoms with Crippen LogP contribution in [0.1, 0.15) is 43.0 Å². The summed E-state index contributed by atoms with van der Waals surface area (Å²) in [6.45, 7) is 0. The lowest BCUT2D eigenvalue weighted by molar-refractivity contribution is 0.0724. The van der Waals surface area contributed by atoms with E-state index in [1.807, 2.05) is 48.5 Å². The quantitative estimate of drug-likeness (QED) is 0.178. The number of rotatable bonds is 4. The minimum atomic E-state index is -0.362. The van der Waals surface area contributed by atoms with Crippen LogP contribution in [-0.4, -0.2) is 11.9 Å². The molecule has 0 spiro atoms. The van der Waals surface area contributed by atoms with Crippen LogP contribution in [0.25, 0.3) is 0 Å². The molecule has 0 heterocycles. The van der Waals surface area contributed by atoms with Crippen LogP contribution in [0.5, 0.6) is 11.5 Å². The largest absolute Gasteiger partial charge is 0.423 e. The van der Waals surface area contributed by atoms with Crippen LogP contribution in [0.2, 0.25) is 0 Å². The number of ether oxygens (including phenoxy) is 2. The Morgan fingerprint density at radius 2 is 0.917 bits per heavy atom. The molecule has 4 bridgehead atoms. The Bertz CT molecular complexity index is 1320. The van der Waals surface area contributed by atoms with Gasteiger partial charge in [0.05, 0.1) is 11.1 Å². The van der Waals surface area contributed by atoms with Crippen LogP contribution in [0.3, 0.4) is 0 Å². The van der Waals surface area contributed by atoms with E-state index in [1.165, 1.54) is 0 Å². The lowest BCUT2D eigenvalue weighted by atomic mass is 9.91. The number of hydrogen-bond acceptors (Lipinski definition) is 4. The predicted molar refractivity (Wildman–Crippen MR) is 146 cm³/mol. The molecule has 4 aliphatic carbocycles. The van der Waals surface area contributed by atoms with E-state index in [-0.39, 0.29) is 11.9 Å². The van der Waals surface area contributed by atoms with Crippen molar-refractivity contribution < 1.29 is 19.1 Å². The van der Waals surface area contributed by atoms with Crippen molar-refractivity contribution in [3.8, 4) is 11.5 Å². The van der Waals surface area contributed by atoms with Gasteiger partial charge in [0.2, 0.25) is 0 Å². The molecule has 0 amide bonds. The van der Waals surface area contributed by atoms with Crippen LogP contribution in [0.15, 0.2) is 93.9 Å². The summed E-state index contributed by atoms with van der Waals surface area (Å²) in [5.41, 5.74) is 5.03. The summed E-state index contributed by atoms with van der Waals surface area (Å²) in [5, 5.41) is 0. The minimum absolute atomic E-state index is 0.362. The molecule has 0 fully saturated rings. The summed E-state index contributed by atoms with van der Waals surface area (Å²) >= 11 is 6.80. The Kier molecular flexibility index (Phi) is 7.35. The first-order chi connectivity index (χ1) is 17.4. The van der Waals surface area contributed by atoms with E-state index in [4.69, 9.17) is 9.47 Å². The summed E-state index contributed by atoms with van der Waals surface area (Å²) in [6.07, 6.45) is 2.64. The average molecular weight is 606 g/mol. The first-order valence-corrected chi connectivity index (χ1v) is 13.2. The molecule has 0 saturated carbocycles. The Balaban J connectivity index is 1.39. The Morgan fingerprint density at radius 3 is 1.31 bits per heavy atom. The van der Waals surface area contributed by atoms with Crippen LogP contribution in [-0.2, 0) is 25.7 Å². The van der Waals surface area contributed by atoms with Gasteiger partial charge < -0.3 is 9.47 Å². The van der Waals surface area contributed by atoms with Crippen molar-refractivity contribution in [1.82, 2.24) is 0 Å². The predicted octanol–water partition coefficient (Wildman–Crippen LogP) is 7.53. The second-order valence-electron chi connectivity index (χ2n) is 8.67. The van der Waals surface area contributed by atoms with Crippen molar-refractivity contribution in [2.24, 2.45) is 0 Å². The summed E-state index contributed by atoms with van der Waals surface area (Å²) in [6, 6.07) is 26.4. The van der Waals surface area contributed by atoms with E-state index in [0.717, 1.165) is 31.2 Å². The molecule has 0 atom stereocenters. The minimum Gasteiger partial charge on any atom is -0.423 e. The molecule has 180 valence electrons. The van der Waals surface area contributed by atoms with Crippen molar-refractivity contribution >= 4 is 43.8 Å². The van der Waals surface area contributed by atoms with E-state index < -0.39 is 0 Å². The van der Waals surface area contributed by atoms with Crippen molar-refractivity contribution in [3.05, 3.63) is 127 Å². The average Bonchev–Trinajstić information content (AvgIpc) is 2.88. The van der Waals surface area contributed by atoms with E-state index in [2.05, 4.69) is 44.0 Å². The first kappa shape index (κ1) is 24.5. The van der Waals surface area contributed by atoms with Crippen molar-refractivity contribution in [3.63, 3.8) is 0 Å². The zero-order chi connectivity index (χ0) is 25.1. The molecule has 0 saturated heterocycles. The first-order valence-electron chi connectivity index (χ1n) is 11.6. The Labute approximate surface area is 226 Å². The molecule has 0 radical (unpaired) electrons. The maximum atomic E-state index is 13.1. The fourth-order valence-electron chi connectivity index (χ4n) is 4.26. The number of benzene rings is 4. The molecule has 8 rings (SSSR count). The van der Waals surface area contributed by atoms with Gasteiger partial charge in [0.25, 0.3) is 0 Å². The molecule has 0 N–H and O–H groups in total. The van der Waals surface area contributed by atoms with Gasteiger partial charge in [-0.05, 0) is 109 Å². The molecule has 36 heavy (non-hydrogen) atoms. The van der Waals surface area contributed by atoms with E-state index in [0.29, 0.717) is 48.3 Å². The monoisotopic (exact) mass is 604 g/mol. The van der Waals surface area contributed by atoms with E-state index in [9.17, 15) is 9.59 Å². The zero-order valence-electron chi connectivity index (χ0n) is 19.3. The summed E-state index contributed by atoms with van der Waals surface area (Å²) < 4.78 is 13.2. The smallest absolute Gasteiger partial charge is 0.343 e. The number of carbonyl (C=O) groups is 2. The lowest BCUT2D eigenvalue weighted by Gasteiger charge is -2.16. The maximum Gasteiger partial charge on any atom is 0.343 e. The topological polar surface area (TPSA) is 52.6 Å². The van der Waals surface area contributed by atoms with Crippen LogP contribution < -0.4 is 9.47 Å². The van der Waals surface area contributed by atoms with Crippen LogP contribution in [0.4, 0.5) is 0 Å². The molecule has 4 nitrogen and oxygen atoms in total. The molecular formula is C30H22Br2O4. The lowest BCUT2D eigenvalue weighted by Crippen LogP contribution is -2.15. The highest BCUT2D eigenvalue weighted by Gasteiger charge is 2.19. The normalized spacial score (nSPS) is 12.5. The van der Waals surface area contributed by atoms with Crippen LogP contribution in [0, 0.1) is 0 Å². The van der Waals surface area contributed by atoms with Gasteiger partial charge in [0.1, 0.15) is 11.5 Å². The van der Waals surface area contributed by atoms with Gasteiger partial charge in [-0.3, -0.25) is 0 Å². The standard InChI is InChI=1S/C30H22Br2O4/c31-23-9-13-25(14-10-23)35-29(33)27-17-19-1-5-21(27)8-4-20-2-6-22(7-3-19)28(18-20)30(34)36-26-15-11-24(32)12-16-26/h1-2,5-6,9-18H,3-4,7-8H2. The number of hydrogen-bond donors (Lipinski definition) is 0. The highest BCUT2D eigenvalue weighted by atomic mass is 79.9. The van der Waals surface area contributed by atoms with Crippen molar-refractivity contribution in [2.75, 3.05) is 0 Å². The Morgan fingerprint density at radius 1 is 0.528 bits per heavy atom. The third-order valence-corrected chi connectivity index (χ3v) is 7.26. The second-order valence-corrected chi connectivity index (χ2v) is 10.5. The van der Waals surface area contributed by atoms with Crippen molar-refractivity contribution in [2.45, 2.75) is 25.7 Å². The SMILES string of the molecule is O=C(Oc1ccc(Br)cc1)c1cc2ccc1CCc1ccc(c(C(=O)Oc3ccc(Br)cc3)c1)CC2. The number of carbonyl (C=O) groups excluding carboxylic acids is 2. The van der Waals surface area contributed by atoms with Gasteiger partial charge >= 0.3 is 11.9 Å². The molecular weight excluding hydrogens is 584 g/mol. The zero-order valence-corrected chi connectivity index (χ0v) is 22.5. The number of esters is 2. The molecule has 0 unspecified atom stereocenters. The molecule has 0 aliphatic heterocycles. The van der Waals surface area contributed by atoms with Crippen molar-refractivity contribution in [1.29, 1.82) is 0 Å². The van der Waals surface area contributed by atoms with Gasteiger partial charge in [-0.25, -0.2) is 9.59 Å². The maximum absolute atomic E-state index is 13.1. The molecule has 6 heteroatoms. The summed E-state index contributed by atoms with van der Waals surface area (Å²) in [4.78, 5) is 26.2. The third-order valence-electron chi connectivity index (χ3n) is 6.20. The van der Waals surface area contributed by atoms with Gasteiger partial charge in [0, 0.05) is 8.95 Å². The highest BCUT2D eigenvalue weighted by molar-refractivity contribution is 9.10. The molecule has 0 aromatic heterocycles. The van der Waals surface area contributed by atoms with Gasteiger partial charge in [-0.1, -0.05) is 56.1 Å². The summed E-state index contributed by atoms with van der Waals surface area (Å²) in [7, 11) is 0. The van der Waals surface area contributed by atoms with Gasteiger partial charge in [0.15, 0.2) is 0 Å². The summed E-state index contributed by atoms with van der Waals surface area (Å²) in [5.74, 6) is 0.284. The second kappa shape index (κ2) is 10.8. The number of halogens is 2. The van der Waals surface area contributed by atoms with Crippen LogP contribution >= 0.6 is 31.9 Å². The molecule has 4 aromatic carbocycles. The fraction of sp³-hybridized carbons (Fsp3) is 0.133. The molecule has 4 aliphatic rings. The van der Waals surface area contributed by atoms with Gasteiger partial charge in [-0.2, -0.15) is 0 Å². The molecule has 4 aromatic rings. The van der Waals surface area contributed by atoms with E-state index >= 15 is 0 Å². The fourth-order valence-corrected chi connectivity index (χ4v) is 4.79. The highest BCUT2D eigenvalue weighted by Crippen LogP contribution is 2.25. The Hall–Kier alpha value is -3.22. The third kappa shape index (κ3) is 5.77. The van der Waals surface area contributed by atoms with E-state index in [1.54, 1.807) is 24.3 Å². The van der Waals surface area contributed by atoms with Gasteiger partial charge in [-0.15, -0.1) is 0 Å². The number of aryl methyl sites for hydroxylation is 4.